The van der Waals surface area contributed by atoms with E-state index in [0.717, 1.165) is 6.42 Å². The summed E-state index contributed by atoms with van der Waals surface area (Å²) in [7, 11) is 0. The van der Waals surface area contributed by atoms with E-state index in [1.165, 1.54) is 0 Å². The zero-order chi connectivity index (χ0) is 8.69. The van der Waals surface area contributed by atoms with Crippen molar-refractivity contribution in [3.8, 4) is 6.07 Å². The number of rotatable bonds is 5. The Bertz CT molecular complexity index is 131. The van der Waals surface area contributed by atoms with Gasteiger partial charge in [0.15, 0.2) is 0 Å². The molecular formula is C8H16N2O. The van der Waals surface area contributed by atoms with Crippen LogP contribution >= 0.6 is 0 Å². The van der Waals surface area contributed by atoms with Gasteiger partial charge in [-0.25, -0.2) is 0 Å². The molecule has 0 aliphatic heterocycles. The van der Waals surface area contributed by atoms with E-state index >= 15 is 0 Å². The van der Waals surface area contributed by atoms with Gasteiger partial charge in [-0.2, -0.15) is 5.26 Å². The highest BCUT2D eigenvalue weighted by Crippen LogP contribution is 1.97. The fourth-order valence-electron chi connectivity index (χ4n) is 0.886. The summed E-state index contributed by atoms with van der Waals surface area (Å²) >= 11 is 0. The maximum atomic E-state index is 8.70. The van der Waals surface area contributed by atoms with Gasteiger partial charge in [0.05, 0.1) is 19.1 Å². The third-order valence-electron chi connectivity index (χ3n) is 1.62. The maximum Gasteiger partial charge on any atom is 0.0638 e. The summed E-state index contributed by atoms with van der Waals surface area (Å²) in [4.78, 5) is 0. The molecule has 0 aromatic rings. The van der Waals surface area contributed by atoms with Gasteiger partial charge in [0, 0.05) is 12.1 Å². The van der Waals surface area contributed by atoms with Gasteiger partial charge in [-0.3, -0.25) is 0 Å². The molecule has 0 heterocycles. The van der Waals surface area contributed by atoms with Gasteiger partial charge >= 0.3 is 0 Å². The van der Waals surface area contributed by atoms with Gasteiger partial charge in [-0.15, -0.1) is 0 Å². The van der Waals surface area contributed by atoms with Crippen LogP contribution < -0.4 is 5.32 Å². The number of aliphatic hydroxyl groups excluding tert-OH is 1. The summed E-state index contributed by atoms with van der Waals surface area (Å²) in [5.74, 6) is 0. The third kappa shape index (κ3) is 4.77. The predicted molar refractivity (Wildman–Crippen MR) is 44.0 cm³/mol. The standard InChI is InChI=1S/C8H16N2O/c1-3-8(4-5-9)10-7(2)6-11/h7-8,10-11H,3-4,6H2,1-2H3. The van der Waals surface area contributed by atoms with Crippen LogP contribution in [0.2, 0.25) is 0 Å². The zero-order valence-corrected chi connectivity index (χ0v) is 7.17. The van der Waals surface area contributed by atoms with Crippen LogP contribution in [0.25, 0.3) is 0 Å². The summed E-state index contributed by atoms with van der Waals surface area (Å²) in [6.07, 6.45) is 1.44. The molecule has 64 valence electrons. The number of aliphatic hydroxyl groups is 1. The predicted octanol–water partition coefficient (Wildman–Crippen LogP) is 0.649. The van der Waals surface area contributed by atoms with Crippen molar-refractivity contribution in [2.24, 2.45) is 0 Å². The Hall–Kier alpha value is -0.590. The molecule has 0 radical (unpaired) electrons. The van der Waals surface area contributed by atoms with Gasteiger partial charge in [0.1, 0.15) is 0 Å². The first-order valence-electron chi connectivity index (χ1n) is 3.98. The molecule has 11 heavy (non-hydrogen) atoms. The lowest BCUT2D eigenvalue weighted by atomic mass is 10.1. The quantitative estimate of drug-likeness (QED) is 0.614. The minimum Gasteiger partial charge on any atom is -0.395 e. The molecule has 0 rings (SSSR count). The average Bonchev–Trinajstić information content (AvgIpc) is 2.03. The fourth-order valence-corrected chi connectivity index (χ4v) is 0.886. The van der Waals surface area contributed by atoms with Crippen LogP contribution in [0.4, 0.5) is 0 Å². The molecule has 0 bridgehead atoms. The molecule has 0 aliphatic rings. The lowest BCUT2D eigenvalue weighted by Gasteiger charge is -2.17. The summed E-state index contributed by atoms with van der Waals surface area (Å²) in [5.41, 5.74) is 0. The summed E-state index contributed by atoms with van der Waals surface area (Å²) in [5, 5.41) is 20.2. The average molecular weight is 156 g/mol. The Labute approximate surface area is 68.0 Å². The van der Waals surface area contributed by atoms with Crippen molar-refractivity contribution in [2.75, 3.05) is 6.61 Å². The topological polar surface area (TPSA) is 56.0 Å². The lowest BCUT2D eigenvalue weighted by Crippen LogP contribution is -2.37. The molecule has 0 saturated heterocycles. The molecule has 2 N–H and O–H groups in total. The van der Waals surface area contributed by atoms with Gasteiger partial charge in [0.25, 0.3) is 0 Å². The van der Waals surface area contributed by atoms with Crippen LogP contribution in [0, 0.1) is 11.3 Å². The molecule has 3 heteroatoms. The molecule has 2 atom stereocenters. The van der Waals surface area contributed by atoms with Crippen LogP contribution in [0.5, 0.6) is 0 Å². The molecule has 2 unspecified atom stereocenters. The van der Waals surface area contributed by atoms with Crippen LogP contribution in [0.1, 0.15) is 26.7 Å². The first-order chi connectivity index (χ1) is 5.24. The van der Waals surface area contributed by atoms with Crippen molar-refractivity contribution < 1.29 is 5.11 Å². The Kier molecular flexibility index (Phi) is 5.81. The maximum absolute atomic E-state index is 8.70. The summed E-state index contributed by atoms with van der Waals surface area (Å²) in [6.45, 7) is 4.06. The van der Waals surface area contributed by atoms with Gasteiger partial charge in [-0.1, -0.05) is 6.92 Å². The Morgan fingerprint density at radius 1 is 1.64 bits per heavy atom. The number of nitriles is 1. The summed E-state index contributed by atoms with van der Waals surface area (Å²) < 4.78 is 0. The Morgan fingerprint density at radius 2 is 2.27 bits per heavy atom. The van der Waals surface area contributed by atoms with Crippen molar-refractivity contribution in [1.29, 1.82) is 5.26 Å². The van der Waals surface area contributed by atoms with Gasteiger partial charge in [-0.05, 0) is 13.3 Å². The second kappa shape index (κ2) is 6.14. The smallest absolute Gasteiger partial charge is 0.0638 e. The lowest BCUT2D eigenvalue weighted by molar-refractivity contribution is 0.239. The molecule has 0 aromatic carbocycles. The number of hydrogen-bond acceptors (Lipinski definition) is 3. The van der Waals surface area contributed by atoms with Crippen LogP contribution in [-0.4, -0.2) is 23.8 Å². The second-order valence-electron chi connectivity index (χ2n) is 2.72. The van der Waals surface area contributed by atoms with Crippen molar-refractivity contribution in [1.82, 2.24) is 5.32 Å². The molecular weight excluding hydrogens is 140 g/mol. The normalized spacial score (nSPS) is 15.5. The van der Waals surface area contributed by atoms with E-state index in [-0.39, 0.29) is 18.7 Å². The molecule has 0 spiro atoms. The minimum absolute atomic E-state index is 0.0910. The van der Waals surface area contributed by atoms with E-state index in [0.29, 0.717) is 6.42 Å². The van der Waals surface area contributed by atoms with E-state index < -0.39 is 0 Å². The first-order valence-corrected chi connectivity index (χ1v) is 3.98. The zero-order valence-electron chi connectivity index (χ0n) is 7.17. The SMILES string of the molecule is CCC(CC#N)NC(C)CO. The number of nitrogens with one attached hydrogen (secondary N) is 1. The second-order valence-corrected chi connectivity index (χ2v) is 2.72. The Morgan fingerprint density at radius 3 is 2.64 bits per heavy atom. The molecule has 0 aliphatic carbocycles. The van der Waals surface area contributed by atoms with Crippen molar-refractivity contribution in [3.05, 3.63) is 0 Å². The van der Waals surface area contributed by atoms with Crippen molar-refractivity contribution in [3.63, 3.8) is 0 Å². The van der Waals surface area contributed by atoms with E-state index in [1.807, 2.05) is 13.8 Å². The molecule has 0 amide bonds. The largest absolute Gasteiger partial charge is 0.395 e. The van der Waals surface area contributed by atoms with Gasteiger partial charge in [0.2, 0.25) is 0 Å². The van der Waals surface area contributed by atoms with E-state index in [2.05, 4.69) is 11.4 Å². The van der Waals surface area contributed by atoms with Crippen molar-refractivity contribution >= 4 is 0 Å². The highest BCUT2D eigenvalue weighted by Gasteiger charge is 2.07. The number of nitrogens with zero attached hydrogens (tertiary/aromatic N) is 1. The van der Waals surface area contributed by atoms with Crippen molar-refractivity contribution in [2.45, 2.75) is 38.8 Å². The highest BCUT2D eigenvalue weighted by molar-refractivity contribution is 4.81. The van der Waals surface area contributed by atoms with Crippen LogP contribution in [-0.2, 0) is 0 Å². The highest BCUT2D eigenvalue weighted by atomic mass is 16.3. The minimum atomic E-state index is 0.0910. The van der Waals surface area contributed by atoms with Gasteiger partial charge < -0.3 is 10.4 Å². The number of hydrogen-bond donors (Lipinski definition) is 2. The fraction of sp³-hybridized carbons (Fsp3) is 0.875. The van der Waals surface area contributed by atoms with E-state index in [4.69, 9.17) is 10.4 Å². The van der Waals surface area contributed by atoms with E-state index in [1.54, 1.807) is 0 Å². The first kappa shape index (κ1) is 10.4. The molecule has 3 nitrogen and oxygen atoms in total. The van der Waals surface area contributed by atoms with Crippen LogP contribution in [0.3, 0.4) is 0 Å². The monoisotopic (exact) mass is 156 g/mol. The summed E-state index contributed by atoms with van der Waals surface area (Å²) in [6, 6.07) is 2.42. The molecule has 0 fully saturated rings. The van der Waals surface area contributed by atoms with E-state index in [9.17, 15) is 0 Å². The third-order valence-corrected chi connectivity index (χ3v) is 1.62. The van der Waals surface area contributed by atoms with Crippen LogP contribution in [0.15, 0.2) is 0 Å². The Balaban J connectivity index is 3.60. The molecule has 0 aromatic heterocycles. The molecule has 0 saturated carbocycles.